The standard InChI is InChI=1S/C55H81N7O12/c1-52(2,3)71-45(63)28-27-43(49(67)74-55(10,11)12)60-50(68)59-42(48(66)73-54(7,8)9)26-18-20-30-58-47(65)41(25-17-19-29-56-33-44-57-31-32-62(44)34-46(64)72-53(4,5)6)61-51(69)70-35-40-38-23-15-13-21-36(38)37-22-14-16-24-39(37)40/h13-16,21-24,31-32,40-43,56H,17-20,25-30,33-35H2,1-12H3,(H,58,65)(H,61,69)(H2,59,60,68)/t41-,42-,43-/m0/s1. The van der Waals surface area contributed by atoms with E-state index >= 15 is 0 Å². The van der Waals surface area contributed by atoms with Crippen molar-refractivity contribution in [2.24, 2.45) is 0 Å². The van der Waals surface area contributed by atoms with E-state index < -0.39 is 76.5 Å². The third-order valence-electron chi connectivity index (χ3n) is 11.1. The van der Waals surface area contributed by atoms with Crippen molar-refractivity contribution in [3.05, 3.63) is 77.9 Å². The maximum atomic E-state index is 13.8. The molecule has 1 heterocycles. The molecule has 3 atom stereocenters. The molecule has 1 aliphatic rings. The van der Waals surface area contributed by atoms with Gasteiger partial charge in [0.05, 0.1) is 6.54 Å². The van der Waals surface area contributed by atoms with E-state index in [4.69, 9.17) is 23.7 Å². The summed E-state index contributed by atoms with van der Waals surface area (Å²) in [5.41, 5.74) is 1.16. The minimum absolute atomic E-state index is 0.0304. The number of carbonyl (C=O) groups is 7. The molecule has 5 N–H and O–H groups in total. The predicted octanol–water partition coefficient (Wildman–Crippen LogP) is 7.52. The molecular formula is C55H81N7O12. The van der Waals surface area contributed by atoms with Gasteiger partial charge in [0.15, 0.2) is 0 Å². The van der Waals surface area contributed by atoms with Crippen LogP contribution in [-0.4, -0.2) is 112 Å². The van der Waals surface area contributed by atoms with Crippen molar-refractivity contribution in [3.8, 4) is 11.1 Å². The smallest absolute Gasteiger partial charge is 0.407 e. The van der Waals surface area contributed by atoms with Crippen molar-refractivity contribution in [2.45, 2.75) is 194 Å². The molecule has 19 nitrogen and oxygen atoms in total. The highest BCUT2D eigenvalue weighted by Crippen LogP contribution is 2.44. The van der Waals surface area contributed by atoms with Crippen LogP contribution in [0.2, 0.25) is 0 Å². The number of alkyl carbamates (subject to hydrolysis) is 1. The second-order valence-corrected chi connectivity index (χ2v) is 22.5. The van der Waals surface area contributed by atoms with E-state index in [-0.39, 0.29) is 50.8 Å². The Morgan fingerprint density at radius 2 is 1.09 bits per heavy atom. The number of unbranched alkanes of at least 4 members (excludes halogenated alkanes) is 2. The molecule has 0 radical (unpaired) electrons. The number of carbonyl (C=O) groups excluding carboxylic acids is 7. The number of imidazole rings is 1. The minimum Gasteiger partial charge on any atom is -0.460 e. The number of urea groups is 1. The SMILES string of the molecule is CC(C)(C)OC(=O)CC[C@H](NC(=O)N[C@@H](CCCCNC(=O)[C@H](CCCCNCc1nccn1CC(=O)OC(C)(C)C)NC(=O)OCC1c2ccccc2-c2ccccc21)C(=O)OC(C)(C)C)C(=O)OC(C)(C)C. The van der Waals surface area contributed by atoms with Gasteiger partial charge in [-0.05, 0) is 157 Å². The molecule has 0 bridgehead atoms. The van der Waals surface area contributed by atoms with Crippen LogP contribution in [0.15, 0.2) is 60.9 Å². The van der Waals surface area contributed by atoms with E-state index in [9.17, 15) is 33.6 Å². The van der Waals surface area contributed by atoms with Crippen molar-refractivity contribution in [1.82, 2.24) is 36.1 Å². The number of ether oxygens (including phenoxy) is 5. The Balaban J connectivity index is 1.36. The lowest BCUT2D eigenvalue weighted by atomic mass is 9.98. The van der Waals surface area contributed by atoms with Crippen molar-refractivity contribution < 1.29 is 57.2 Å². The molecule has 4 amide bonds. The van der Waals surface area contributed by atoms with Crippen LogP contribution in [0.5, 0.6) is 0 Å². The van der Waals surface area contributed by atoms with Crippen LogP contribution in [0.1, 0.15) is 157 Å². The van der Waals surface area contributed by atoms with Crippen molar-refractivity contribution in [3.63, 3.8) is 0 Å². The number of amides is 4. The van der Waals surface area contributed by atoms with Gasteiger partial charge in [0.25, 0.3) is 0 Å². The van der Waals surface area contributed by atoms with Gasteiger partial charge in [-0.3, -0.25) is 14.4 Å². The van der Waals surface area contributed by atoms with Crippen LogP contribution in [0.25, 0.3) is 11.1 Å². The van der Waals surface area contributed by atoms with Gasteiger partial charge in [0, 0.05) is 31.3 Å². The minimum atomic E-state index is -1.24. The third kappa shape index (κ3) is 21.5. The summed E-state index contributed by atoms with van der Waals surface area (Å²) in [6, 6.07) is 11.9. The molecule has 74 heavy (non-hydrogen) atoms. The van der Waals surface area contributed by atoms with E-state index in [1.807, 2.05) is 57.2 Å². The van der Waals surface area contributed by atoms with Gasteiger partial charge in [-0.1, -0.05) is 48.5 Å². The summed E-state index contributed by atoms with van der Waals surface area (Å²) in [6.45, 7) is 22.0. The Morgan fingerprint density at radius 3 is 1.65 bits per heavy atom. The maximum absolute atomic E-state index is 13.8. The number of hydrogen-bond donors (Lipinski definition) is 5. The number of nitrogens with one attached hydrogen (secondary N) is 5. The Kier molecular flexibility index (Phi) is 22.0. The molecule has 19 heteroatoms. The molecular weight excluding hydrogens is 951 g/mol. The van der Waals surface area contributed by atoms with Crippen LogP contribution in [-0.2, 0) is 60.7 Å². The Hall–Kier alpha value is -6.50. The molecule has 0 aliphatic heterocycles. The van der Waals surface area contributed by atoms with Gasteiger partial charge in [0.1, 0.15) is 59.5 Å². The average molecular weight is 1030 g/mol. The summed E-state index contributed by atoms with van der Waals surface area (Å²) < 4.78 is 29.5. The van der Waals surface area contributed by atoms with Crippen LogP contribution in [0, 0.1) is 0 Å². The van der Waals surface area contributed by atoms with E-state index in [0.29, 0.717) is 51.0 Å². The lowest BCUT2D eigenvalue weighted by Crippen LogP contribution is -2.53. The van der Waals surface area contributed by atoms with E-state index in [1.165, 1.54) is 0 Å². The largest absolute Gasteiger partial charge is 0.460 e. The molecule has 0 fully saturated rings. The predicted molar refractivity (Wildman–Crippen MR) is 278 cm³/mol. The second kappa shape index (κ2) is 27.2. The van der Waals surface area contributed by atoms with Crippen molar-refractivity contribution >= 4 is 41.9 Å². The quantitative estimate of drug-likeness (QED) is 0.0313. The van der Waals surface area contributed by atoms with Crippen LogP contribution >= 0.6 is 0 Å². The van der Waals surface area contributed by atoms with Gasteiger partial charge < -0.3 is 54.8 Å². The van der Waals surface area contributed by atoms with Gasteiger partial charge in [0.2, 0.25) is 5.91 Å². The summed E-state index contributed by atoms with van der Waals surface area (Å²) >= 11 is 0. The Bertz CT molecular complexity index is 2330. The maximum Gasteiger partial charge on any atom is 0.407 e. The highest BCUT2D eigenvalue weighted by Gasteiger charge is 2.33. The molecule has 1 aromatic heterocycles. The number of rotatable bonds is 25. The van der Waals surface area contributed by atoms with Crippen molar-refractivity contribution in [1.29, 1.82) is 0 Å². The number of esters is 4. The summed E-state index contributed by atoms with van der Waals surface area (Å²) in [5.74, 6) is -2.32. The zero-order valence-corrected chi connectivity index (χ0v) is 45.6. The van der Waals surface area contributed by atoms with Gasteiger partial charge >= 0.3 is 36.0 Å². The normalized spacial score (nSPS) is 13.8. The molecule has 408 valence electrons. The number of aromatic nitrogens is 2. The summed E-state index contributed by atoms with van der Waals surface area (Å²) in [7, 11) is 0. The van der Waals surface area contributed by atoms with E-state index in [0.717, 1.165) is 22.3 Å². The van der Waals surface area contributed by atoms with Crippen LogP contribution in [0.4, 0.5) is 9.59 Å². The molecule has 0 spiro atoms. The molecule has 0 unspecified atom stereocenters. The van der Waals surface area contributed by atoms with Gasteiger partial charge in [-0.2, -0.15) is 0 Å². The molecule has 1 aliphatic carbocycles. The monoisotopic (exact) mass is 1030 g/mol. The topological polar surface area (TPSA) is 244 Å². The lowest BCUT2D eigenvalue weighted by molar-refractivity contribution is -0.159. The number of benzene rings is 2. The summed E-state index contributed by atoms with van der Waals surface area (Å²) in [6.07, 6.45) is 4.67. The first-order chi connectivity index (χ1) is 34.6. The number of fused-ring (bicyclic) bond motifs is 3. The molecule has 4 rings (SSSR count). The molecule has 0 saturated carbocycles. The zero-order chi connectivity index (χ0) is 54.9. The van der Waals surface area contributed by atoms with E-state index in [1.54, 1.807) is 79.3 Å². The van der Waals surface area contributed by atoms with Gasteiger partial charge in [-0.15, -0.1) is 0 Å². The van der Waals surface area contributed by atoms with Gasteiger partial charge in [-0.25, -0.2) is 24.2 Å². The number of nitrogens with zero attached hydrogens (tertiary/aromatic N) is 2. The van der Waals surface area contributed by atoms with Crippen LogP contribution < -0.4 is 26.6 Å². The first kappa shape index (κ1) is 60.1. The molecule has 3 aromatic rings. The summed E-state index contributed by atoms with van der Waals surface area (Å²) in [5, 5.41) is 14.3. The summed E-state index contributed by atoms with van der Waals surface area (Å²) in [4.78, 5) is 96.7. The highest BCUT2D eigenvalue weighted by molar-refractivity contribution is 5.88. The average Bonchev–Trinajstić information content (AvgIpc) is 3.85. The fourth-order valence-corrected chi connectivity index (χ4v) is 8.08. The first-order valence-electron chi connectivity index (χ1n) is 25.6. The highest BCUT2D eigenvalue weighted by atomic mass is 16.6. The Labute approximate surface area is 436 Å². The molecule has 0 saturated heterocycles. The number of hydrogen-bond acceptors (Lipinski definition) is 14. The third-order valence-corrected chi connectivity index (χ3v) is 11.1. The fourth-order valence-electron chi connectivity index (χ4n) is 8.08. The fraction of sp³-hybridized carbons (Fsp3) is 0.600. The van der Waals surface area contributed by atoms with Crippen LogP contribution in [0.3, 0.4) is 0 Å². The van der Waals surface area contributed by atoms with Crippen molar-refractivity contribution in [2.75, 3.05) is 19.7 Å². The van der Waals surface area contributed by atoms with E-state index in [2.05, 4.69) is 43.7 Å². The Morgan fingerprint density at radius 1 is 0.595 bits per heavy atom. The first-order valence-corrected chi connectivity index (χ1v) is 25.6. The zero-order valence-electron chi connectivity index (χ0n) is 45.6. The molecule has 2 aromatic carbocycles. The second-order valence-electron chi connectivity index (χ2n) is 22.5. The lowest BCUT2D eigenvalue weighted by Gasteiger charge is -2.27.